The van der Waals surface area contributed by atoms with E-state index in [1.165, 1.54) is 12.6 Å². The third kappa shape index (κ3) is 4.16. The zero-order chi connectivity index (χ0) is 14.4. The molecule has 1 aliphatic heterocycles. The SMILES string of the molecule is O=C(NCCN1CCCC[C@H]1CO)c1ccc(Cl)cn1. The second-order valence-corrected chi connectivity index (χ2v) is 5.42. The zero-order valence-electron chi connectivity index (χ0n) is 11.4. The van der Waals surface area contributed by atoms with Crippen molar-refractivity contribution in [1.82, 2.24) is 15.2 Å². The maximum atomic E-state index is 11.9. The molecule has 1 saturated heterocycles. The highest BCUT2D eigenvalue weighted by molar-refractivity contribution is 6.30. The number of carbonyl (C=O) groups excluding carboxylic acids is 1. The first-order valence-electron chi connectivity index (χ1n) is 6.95. The third-order valence-electron chi connectivity index (χ3n) is 3.60. The van der Waals surface area contributed by atoms with Crippen LogP contribution in [0.5, 0.6) is 0 Å². The van der Waals surface area contributed by atoms with Crippen LogP contribution < -0.4 is 5.32 Å². The van der Waals surface area contributed by atoms with Gasteiger partial charge in [0, 0.05) is 25.3 Å². The van der Waals surface area contributed by atoms with Crippen LogP contribution in [0, 0.1) is 0 Å². The van der Waals surface area contributed by atoms with Gasteiger partial charge >= 0.3 is 0 Å². The molecule has 2 N–H and O–H groups in total. The number of likely N-dealkylation sites (tertiary alicyclic amines) is 1. The minimum Gasteiger partial charge on any atom is -0.395 e. The molecule has 1 aliphatic rings. The Labute approximate surface area is 123 Å². The van der Waals surface area contributed by atoms with E-state index in [0.717, 1.165) is 25.9 Å². The number of rotatable bonds is 5. The summed E-state index contributed by atoms with van der Waals surface area (Å²) >= 11 is 5.73. The van der Waals surface area contributed by atoms with Gasteiger partial charge < -0.3 is 10.4 Å². The lowest BCUT2D eigenvalue weighted by Crippen LogP contribution is -2.45. The standard InChI is InChI=1S/C14H20ClN3O2/c15-11-4-5-13(17-9-11)14(20)16-6-8-18-7-2-1-3-12(18)10-19/h4-5,9,12,19H,1-3,6-8,10H2,(H,16,20)/t12-/m0/s1. The normalized spacial score (nSPS) is 19.8. The van der Waals surface area contributed by atoms with Crippen molar-refractivity contribution in [1.29, 1.82) is 0 Å². The lowest BCUT2D eigenvalue weighted by Gasteiger charge is -2.34. The lowest BCUT2D eigenvalue weighted by molar-refractivity contribution is 0.0847. The van der Waals surface area contributed by atoms with Crippen LogP contribution in [0.15, 0.2) is 18.3 Å². The predicted octanol–water partition coefficient (Wildman–Crippen LogP) is 1.31. The number of aliphatic hydroxyl groups is 1. The number of hydrogen-bond acceptors (Lipinski definition) is 4. The van der Waals surface area contributed by atoms with E-state index in [-0.39, 0.29) is 18.6 Å². The number of aromatic nitrogens is 1. The van der Waals surface area contributed by atoms with Gasteiger partial charge in [0.25, 0.3) is 5.91 Å². The number of pyridine rings is 1. The van der Waals surface area contributed by atoms with Crippen LogP contribution >= 0.6 is 11.6 Å². The van der Waals surface area contributed by atoms with E-state index >= 15 is 0 Å². The van der Waals surface area contributed by atoms with E-state index in [1.807, 2.05) is 0 Å². The monoisotopic (exact) mass is 297 g/mol. The number of amides is 1. The molecule has 110 valence electrons. The van der Waals surface area contributed by atoms with E-state index in [1.54, 1.807) is 12.1 Å². The molecule has 1 aromatic heterocycles. The van der Waals surface area contributed by atoms with Gasteiger partial charge in [-0.05, 0) is 31.5 Å². The topological polar surface area (TPSA) is 65.5 Å². The number of piperidine rings is 1. The van der Waals surface area contributed by atoms with Crippen molar-refractivity contribution in [3.05, 3.63) is 29.0 Å². The average Bonchev–Trinajstić information content (AvgIpc) is 2.48. The summed E-state index contributed by atoms with van der Waals surface area (Å²) in [5, 5.41) is 12.7. The van der Waals surface area contributed by atoms with Gasteiger partial charge in [-0.1, -0.05) is 18.0 Å². The van der Waals surface area contributed by atoms with Crippen LogP contribution in [-0.4, -0.2) is 53.2 Å². The number of aliphatic hydroxyl groups excluding tert-OH is 1. The number of halogens is 1. The molecule has 1 aromatic rings. The van der Waals surface area contributed by atoms with Crippen LogP contribution in [0.25, 0.3) is 0 Å². The molecule has 1 fully saturated rings. The summed E-state index contributed by atoms with van der Waals surface area (Å²) in [5.74, 6) is -0.195. The van der Waals surface area contributed by atoms with Gasteiger partial charge in [-0.25, -0.2) is 4.98 Å². The first-order chi connectivity index (χ1) is 9.70. The highest BCUT2D eigenvalue weighted by atomic mass is 35.5. The van der Waals surface area contributed by atoms with Crippen molar-refractivity contribution in [2.45, 2.75) is 25.3 Å². The maximum absolute atomic E-state index is 11.9. The first kappa shape index (κ1) is 15.2. The summed E-state index contributed by atoms with van der Waals surface area (Å²) < 4.78 is 0. The van der Waals surface area contributed by atoms with Gasteiger partial charge in [-0.2, -0.15) is 0 Å². The molecule has 1 amide bonds. The second-order valence-electron chi connectivity index (χ2n) is 4.99. The van der Waals surface area contributed by atoms with E-state index in [9.17, 15) is 9.90 Å². The van der Waals surface area contributed by atoms with Crippen LogP contribution in [-0.2, 0) is 0 Å². The summed E-state index contributed by atoms with van der Waals surface area (Å²) in [7, 11) is 0. The minimum absolute atomic E-state index is 0.187. The van der Waals surface area contributed by atoms with Crippen molar-refractivity contribution < 1.29 is 9.90 Å². The summed E-state index contributed by atoms with van der Waals surface area (Å²) in [6.07, 6.45) is 4.82. The number of nitrogens with one attached hydrogen (secondary N) is 1. The van der Waals surface area contributed by atoms with E-state index < -0.39 is 0 Å². The molecule has 0 spiro atoms. The van der Waals surface area contributed by atoms with Crippen molar-refractivity contribution in [2.75, 3.05) is 26.2 Å². The molecule has 2 heterocycles. The fourth-order valence-corrected chi connectivity index (χ4v) is 2.59. The fourth-order valence-electron chi connectivity index (χ4n) is 2.47. The summed E-state index contributed by atoms with van der Waals surface area (Å²) in [6.45, 7) is 2.48. The molecule has 0 saturated carbocycles. The Morgan fingerprint density at radius 1 is 1.50 bits per heavy atom. The van der Waals surface area contributed by atoms with Crippen molar-refractivity contribution >= 4 is 17.5 Å². The molecule has 0 aromatic carbocycles. The van der Waals surface area contributed by atoms with E-state index in [2.05, 4.69) is 15.2 Å². The molecule has 20 heavy (non-hydrogen) atoms. The zero-order valence-corrected chi connectivity index (χ0v) is 12.1. The van der Waals surface area contributed by atoms with Gasteiger partial charge in [-0.15, -0.1) is 0 Å². The Kier molecular flexibility index (Phi) is 5.76. The summed E-state index contributed by atoms with van der Waals surface area (Å²) in [4.78, 5) is 18.1. The number of hydrogen-bond donors (Lipinski definition) is 2. The van der Waals surface area contributed by atoms with Crippen molar-refractivity contribution in [3.8, 4) is 0 Å². The van der Waals surface area contributed by atoms with Crippen molar-refractivity contribution in [3.63, 3.8) is 0 Å². The molecule has 0 radical (unpaired) electrons. The van der Waals surface area contributed by atoms with Crippen LogP contribution in [0.2, 0.25) is 5.02 Å². The van der Waals surface area contributed by atoms with Crippen LogP contribution in [0.3, 0.4) is 0 Å². The molecule has 6 heteroatoms. The van der Waals surface area contributed by atoms with Gasteiger partial charge in [-0.3, -0.25) is 9.69 Å². The highest BCUT2D eigenvalue weighted by Gasteiger charge is 2.21. The quantitative estimate of drug-likeness (QED) is 0.860. The first-order valence-corrected chi connectivity index (χ1v) is 7.33. The molecule has 0 bridgehead atoms. The Morgan fingerprint density at radius 3 is 3.05 bits per heavy atom. The largest absolute Gasteiger partial charge is 0.395 e. The molecule has 0 aliphatic carbocycles. The average molecular weight is 298 g/mol. The predicted molar refractivity (Wildman–Crippen MR) is 77.9 cm³/mol. The Bertz CT molecular complexity index is 439. The minimum atomic E-state index is -0.195. The Morgan fingerprint density at radius 2 is 2.35 bits per heavy atom. The van der Waals surface area contributed by atoms with Gasteiger partial charge in [0.05, 0.1) is 11.6 Å². The van der Waals surface area contributed by atoms with E-state index in [0.29, 0.717) is 17.3 Å². The van der Waals surface area contributed by atoms with Gasteiger partial charge in [0.1, 0.15) is 5.69 Å². The summed E-state index contributed by atoms with van der Waals surface area (Å²) in [6, 6.07) is 3.49. The summed E-state index contributed by atoms with van der Waals surface area (Å²) in [5.41, 5.74) is 0.367. The Balaban J connectivity index is 1.77. The molecular formula is C14H20ClN3O2. The molecule has 1 atom stereocenters. The fraction of sp³-hybridized carbons (Fsp3) is 0.571. The number of carbonyl (C=O) groups is 1. The maximum Gasteiger partial charge on any atom is 0.269 e. The van der Waals surface area contributed by atoms with Crippen molar-refractivity contribution in [2.24, 2.45) is 0 Å². The van der Waals surface area contributed by atoms with Gasteiger partial charge in [0.2, 0.25) is 0 Å². The third-order valence-corrected chi connectivity index (χ3v) is 3.83. The van der Waals surface area contributed by atoms with Crippen LogP contribution in [0.4, 0.5) is 0 Å². The molecule has 2 rings (SSSR count). The van der Waals surface area contributed by atoms with Crippen LogP contribution in [0.1, 0.15) is 29.8 Å². The molecular weight excluding hydrogens is 278 g/mol. The lowest BCUT2D eigenvalue weighted by atomic mass is 10.0. The molecule has 5 nitrogen and oxygen atoms in total. The molecule has 0 unspecified atom stereocenters. The second kappa shape index (κ2) is 7.57. The van der Waals surface area contributed by atoms with E-state index in [4.69, 9.17) is 11.6 Å². The van der Waals surface area contributed by atoms with Gasteiger partial charge in [0.15, 0.2) is 0 Å². The smallest absolute Gasteiger partial charge is 0.269 e. The highest BCUT2D eigenvalue weighted by Crippen LogP contribution is 2.15. The Hall–Kier alpha value is -1.17. The number of nitrogens with zero attached hydrogens (tertiary/aromatic N) is 2.